The molecule has 2 saturated carbocycles. The Labute approximate surface area is 238 Å². The van der Waals surface area contributed by atoms with Crippen molar-refractivity contribution in [2.24, 2.45) is 10.8 Å². The van der Waals surface area contributed by atoms with Gasteiger partial charge in [-0.1, -0.05) is 69.2 Å². The molecule has 3 fully saturated rings. The van der Waals surface area contributed by atoms with Crippen LogP contribution in [0.5, 0.6) is 0 Å². The highest BCUT2D eigenvalue weighted by atomic mass is 16.7. The molecule has 0 aromatic heterocycles. The average Bonchev–Trinajstić information content (AvgIpc) is 2.89. The van der Waals surface area contributed by atoms with Crippen molar-refractivity contribution in [2.75, 3.05) is 13.2 Å². The van der Waals surface area contributed by atoms with Gasteiger partial charge in [0.05, 0.1) is 24.5 Å². The molecule has 0 radical (unpaired) electrons. The summed E-state index contributed by atoms with van der Waals surface area (Å²) < 4.78 is 17.4. The van der Waals surface area contributed by atoms with Crippen LogP contribution < -0.4 is 10.6 Å². The molecule has 1 unspecified atom stereocenters. The second-order valence-electron chi connectivity index (χ2n) is 12.8. The summed E-state index contributed by atoms with van der Waals surface area (Å²) in [5.74, 6) is -1.40. The maximum absolute atomic E-state index is 13.4. The fourth-order valence-electron chi connectivity index (χ4n) is 5.77. The van der Waals surface area contributed by atoms with Crippen LogP contribution in [-0.4, -0.2) is 55.0 Å². The predicted molar refractivity (Wildman–Crippen MR) is 153 cm³/mol. The first kappa shape index (κ1) is 30.3. The Bertz CT molecular complexity index is 1060. The van der Waals surface area contributed by atoms with Gasteiger partial charge in [-0.25, -0.2) is 0 Å². The molecule has 3 aliphatic rings. The van der Waals surface area contributed by atoms with Gasteiger partial charge in [0, 0.05) is 12.0 Å². The van der Waals surface area contributed by atoms with Gasteiger partial charge in [0.25, 0.3) is 0 Å². The molecule has 4 rings (SSSR count). The van der Waals surface area contributed by atoms with Crippen LogP contribution >= 0.6 is 0 Å². The van der Waals surface area contributed by atoms with Crippen molar-refractivity contribution in [3.63, 3.8) is 0 Å². The van der Waals surface area contributed by atoms with E-state index in [1.165, 1.54) is 0 Å². The van der Waals surface area contributed by atoms with Crippen molar-refractivity contribution in [3.05, 3.63) is 42.0 Å². The summed E-state index contributed by atoms with van der Waals surface area (Å²) in [6.07, 6.45) is 10.2. The number of nitrogens with one attached hydrogen (secondary N) is 2. The number of allylic oxidation sites excluding steroid dienone is 1. The molecule has 0 spiro atoms. The maximum Gasteiger partial charge on any atom is 0.307 e. The first-order valence-electron chi connectivity index (χ1n) is 14.8. The van der Waals surface area contributed by atoms with E-state index in [0.717, 1.165) is 50.5 Å². The molecule has 220 valence electrons. The van der Waals surface area contributed by atoms with Crippen LogP contribution in [0.3, 0.4) is 0 Å². The lowest BCUT2D eigenvalue weighted by Crippen LogP contribution is -2.56. The third kappa shape index (κ3) is 7.72. The number of rotatable bonds is 10. The van der Waals surface area contributed by atoms with Crippen molar-refractivity contribution in [2.45, 2.75) is 110 Å². The Morgan fingerprint density at radius 2 is 1.75 bits per heavy atom. The standard InChI is InChI=1S/C32H46N2O6/c1-30(2)22-38-31(3,4)40-27(30)28(36)33-21-17-26(35)39-25-16-9-8-15-24(25)34-29(37)32(19-11-20-32)18-10-14-23-12-6-5-7-13-23/h5-7,10,12-14,24-25,27H,8-9,11,15-22H2,1-4H3,(H,33,36)(H,34,37)/b14-10+/t24-,25-,27?/m0/s1. The zero-order valence-electron chi connectivity index (χ0n) is 24.5. The Kier molecular flexibility index (Phi) is 9.72. The largest absolute Gasteiger partial charge is 0.460 e. The van der Waals surface area contributed by atoms with Gasteiger partial charge >= 0.3 is 5.97 Å². The first-order chi connectivity index (χ1) is 19.0. The summed E-state index contributed by atoms with van der Waals surface area (Å²) in [5.41, 5.74) is 0.263. The van der Waals surface area contributed by atoms with E-state index in [9.17, 15) is 14.4 Å². The van der Waals surface area contributed by atoms with Crippen molar-refractivity contribution in [1.29, 1.82) is 0 Å². The summed E-state index contributed by atoms with van der Waals surface area (Å²) >= 11 is 0. The quantitative estimate of drug-likeness (QED) is 0.398. The third-order valence-corrected chi connectivity index (χ3v) is 8.48. The van der Waals surface area contributed by atoms with E-state index in [1.54, 1.807) is 13.8 Å². The number of benzene rings is 1. The topological polar surface area (TPSA) is 103 Å². The van der Waals surface area contributed by atoms with Gasteiger partial charge in [0.2, 0.25) is 11.8 Å². The van der Waals surface area contributed by atoms with Gasteiger partial charge in [-0.15, -0.1) is 0 Å². The number of carbonyl (C=O) groups excluding carboxylic acids is 3. The SMILES string of the molecule is CC1(C)OCC(C)(C)C(C(=O)NCCC(=O)O[C@H]2CCCC[C@@H]2NC(=O)C2(C/C=C/c3ccccc3)CCC2)O1. The Balaban J connectivity index is 1.25. The summed E-state index contributed by atoms with van der Waals surface area (Å²) in [5, 5.41) is 6.08. The second-order valence-corrected chi connectivity index (χ2v) is 12.8. The highest BCUT2D eigenvalue weighted by Gasteiger charge is 2.46. The molecule has 3 atom stereocenters. The van der Waals surface area contributed by atoms with Crippen LogP contribution in [0.2, 0.25) is 0 Å². The molecule has 2 aliphatic carbocycles. The fraction of sp³-hybridized carbons (Fsp3) is 0.656. The molecule has 0 bridgehead atoms. The van der Waals surface area contributed by atoms with E-state index in [1.807, 2.05) is 32.0 Å². The predicted octanol–water partition coefficient (Wildman–Crippen LogP) is 4.91. The third-order valence-electron chi connectivity index (χ3n) is 8.48. The zero-order valence-corrected chi connectivity index (χ0v) is 24.5. The lowest BCUT2D eigenvalue weighted by atomic mass is 9.65. The fourth-order valence-corrected chi connectivity index (χ4v) is 5.77. The van der Waals surface area contributed by atoms with Gasteiger partial charge in [-0.3, -0.25) is 14.4 Å². The molecule has 1 aromatic carbocycles. The van der Waals surface area contributed by atoms with E-state index in [-0.39, 0.29) is 48.3 Å². The minimum absolute atomic E-state index is 0.0597. The monoisotopic (exact) mass is 554 g/mol. The summed E-state index contributed by atoms with van der Waals surface area (Å²) in [4.78, 5) is 39.0. The molecular weight excluding hydrogens is 508 g/mol. The first-order valence-corrected chi connectivity index (χ1v) is 14.8. The lowest BCUT2D eigenvalue weighted by molar-refractivity contribution is -0.304. The summed E-state index contributed by atoms with van der Waals surface area (Å²) in [6.45, 7) is 7.98. The molecule has 1 aromatic rings. The minimum atomic E-state index is -0.840. The summed E-state index contributed by atoms with van der Waals surface area (Å²) in [6, 6.07) is 9.92. The van der Waals surface area contributed by atoms with Gasteiger partial charge in [-0.05, 0) is 57.9 Å². The van der Waals surface area contributed by atoms with Crippen LogP contribution in [0.25, 0.3) is 6.08 Å². The molecule has 8 nitrogen and oxygen atoms in total. The van der Waals surface area contributed by atoms with Gasteiger partial charge < -0.3 is 24.8 Å². The number of hydrogen-bond donors (Lipinski definition) is 2. The molecule has 40 heavy (non-hydrogen) atoms. The van der Waals surface area contributed by atoms with E-state index in [2.05, 4.69) is 34.9 Å². The highest BCUT2D eigenvalue weighted by molar-refractivity contribution is 5.84. The number of hydrogen-bond acceptors (Lipinski definition) is 6. The van der Waals surface area contributed by atoms with Crippen molar-refractivity contribution in [3.8, 4) is 0 Å². The number of amides is 2. The van der Waals surface area contributed by atoms with Crippen LogP contribution in [0.15, 0.2) is 36.4 Å². The molecule has 1 heterocycles. The molecule has 8 heteroatoms. The smallest absolute Gasteiger partial charge is 0.307 e. The molecule has 1 aliphatic heterocycles. The van der Waals surface area contributed by atoms with Crippen LogP contribution in [-0.2, 0) is 28.6 Å². The minimum Gasteiger partial charge on any atom is -0.460 e. The second kappa shape index (κ2) is 12.9. The van der Waals surface area contributed by atoms with Gasteiger partial charge in [-0.2, -0.15) is 0 Å². The zero-order chi connectivity index (χ0) is 28.8. The number of ether oxygens (including phenoxy) is 3. The van der Waals surface area contributed by atoms with Crippen molar-refractivity contribution in [1.82, 2.24) is 10.6 Å². The van der Waals surface area contributed by atoms with E-state index in [4.69, 9.17) is 14.2 Å². The Morgan fingerprint density at radius 3 is 2.45 bits per heavy atom. The molecular formula is C32H46N2O6. The van der Waals surface area contributed by atoms with Crippen LogP contribution in [0, 0.1) is 10.8 Å². The highest BCUT2D eigenvalue weighted by Crippen LogP contribution is 2.45. The Morgan fingerprint density at radius 1 is 1.02 bits per heavy atom. The molecule has 2 amide bonds. The normalized spacial score (nSPS) is 26.9. The number of esters is 1. The van der Waals surface area contributed by atoms with E-state index < -0.39 is 17.3 Å². The van der Waals surface area contributed by atoms with Gasteiger partial charge in [0.15, 0.2) is 5.79 Å². The summed E-state index contributed by atoms with van der Waals surface area (Å²) in [7, 11) is 0. The Hall–Kier alpha value is -2.71. The van der Waals surface area contributed by atoms with Crippen LogP contribution in [0.1, 0.15) is 91.0 Å². The molecule has 2 N–H and O–H groups in total. The van der Waals surface area contributed by atoms with Gasteiger partial charge in [0.1, 0.15) is 12.2 Å². The average molecular weight is 555 g/mol. The van der Waals surface area contributed by atoms with Crippen molar-refractivity contribution < 1.29 is 28.6 Å². The van der Waals surface area contributed by atoms with Crippen molar-refractivity contribution >= 4 is 23.9 Å². The van der Waals surface area contributed by atoms with Crippen LogP contribution in [0.4, 0.5) is 0 Å². The lowest BCUT2D eigenvalue weighted by Gasteiger charge is -2.44. The molecule has 1 saturated heterocycles. The van der Waals surface area contributed by atoms with E-state index in [0.29, 0.717) is 13.0 Å². The van der Waals surface area contributed by atoms with E-state index >= 15 is 0 Å². The maximum atomic E-state index is 13.4. The number of carbonyl (C=O) groups is 3.